The highest BCUT2D eigenvalue weighted by molar-refractivity contribution is 5.66. The van der Waals surface area contributed by atoms with Crippen molar-refractivity contribution in [1.82, 2.24) is 15.1 Å². The lowest BCUT2D eigenvalue weighted by Crippen LogP contribution is -1.91. The van der Waals surface area contributed by atoms with Gasteiger partial charge in [0.05, 0.1) is 0 Å². The molecule has 0 bridgehead atoms. The Labute approximate surface area is 120 Å². The molecule has 1 N–H and O–H groups in total. The molecule has 0 amide bonds. The van der Waals surface area contributed by atoms with Gasteiger partial charge in [-0.3, -0.25) is 4.98 Å². The second kappa shape index (κ2) is 5.32. The Hall–Kier alpha value is -2.76. The van der Waals surface area contributed by atoms with Crippen LogP contribution in [-0.2, 0) is 6.42 Å². The third-order valence-electron chi connectivity index (χ3n) is 3.16. The van der Waals surface area contributed by atoms with Gasteiger partial charge in [-0.2, -0.15) is 4.98 Å². The van der Waals surface area contributed by atoms with Crippen LogP contribution in [0.3, 0.4) is 0 Å². The summed E-state index contributed by atoms with van der Waals surface area (Å²) in [5, 5.41) is 13.6. The van der Waals surface area contributed by atoms with Crippen LogP contribution in [0.1, 0.15) is 12.5 Å². The number of pyridine rings is 1. The molecule has 0 atom stereocenters. The molecule has 0 spiro atoms. The second-order valence-electron chi connectivity index (χ2n) is 4.44. The van der Waals surface area contributed by atoms with E-state index in [1.807, 2.05) is 6.92 Å². The average Bonchev–Trinajstić information content (AvgIpc) is 2.96. The standard InChI is InChI=1S/C15H12FN3O2/c1-2-9-8-17-7-6-10(9)14-18-15(21-19-14)13-11(16)4-3-5-12(13)20/h3-8,20H,2H2,1H3. The summed E-state index contributed by atoms with van der Waals surface area (Å²) in [5.41, 5.74) is 1.64. The first kappa shape index (κ1) is 13.2. The van der Waals surface area contributed by atoms with E-state index in [-0.39, 0.29) is 17.2 Å². The maximum Gasteiger partial charge on any atom is 0.265 e. The molecular weight excluding hydrogens is 273 g/mol. The van der Waals surface area contributed by atoms with Gasteiger partial charge in [-0.05, 0) is 30.2 Å². The summed E-state index contributed by atoms with van der Waals surface area (Å²) in [6.07, 6.45) is 4.12. The van der Waals surface area contributed by atoms with Crippen molar-refractivity contribution in [3.63, 3.8) is 0 Å². The summed E-state index contributed by atoms with van der Waals surface area (Å²) in [6.45, 7) is 1.99. The van der Waals surface area contributed by atoms with Crippen LogP contribution >= 0.6 is 0 Å². The molecule has 0 aliphatic rings. The summed E-state index contributed by atoms with van der Waals surface area (Å²) >= 11 is 0. The van der Waals surface area contributed by atoms with Crippen molar-refractivity contribution in [1.29, 1.82) is 0 Å². The Bertz CT molecular complexity index is 766. The number of halogens is 1. The topological polar surface area (TPSA) is 72.0 Å². The third-order valence-corrected chi connectivity index (χ3v) is 3.16. The normalized spacial score (nSPS) is 10.8. The number of phenols is 1. The number of rotatable bonds is 3. The van der Waals surface area contributed by atoms with Gasteiger partial charge in [0.2, 0.25) is 5.82 Å². The molecule has 1 aromatic carbocycles. The molecule has 0 unspecified atom stereocenters. The monoisotopic (exact) mass is 285 g/mol. The highest BCUT2D eigenvalue weighted by atomic mass is 19.1. The van der Waals surface area contributed by atoms with Crippen LogP contribution in [0.5, 0.6) is 5.75 Å². The van der Waals surface area contributed by atoms with E-state index in [0.717, 1.165) is 17.5 Å². The molecule has 0 aliphatic carbocycles. The van der Waals surface area contributed by atoms with Gasteiger partial charge >= 0.3 is 0 Å². The number of hydrogen-bond acceptors (Lipinski definition) is 5. The molecule has 0 saturated heterocycles. The van der Waals surface area contributed by atoms with Crippen molar-refractivity contribution in [3.8, 4) is 28.6 Å². The van der Waals surface area contributed by atoms with E-state index in [4.69, 9.17) is 4.52 Å². The molecule has 3 rings (SSSR count). The minimum atomic E-state index is -0.615. The molecule has 21 heavy (non-hydrogen) atoms. The molecule has 3 aromatic rings. The smallest absolute Gasteiger partial charge is 0.265 e. The number of aryl methyl sites for hydroxylation is 1. The predicted molar refractivity (Wildman–Crippen MR) is 74.0 cm³/mol. The number of nitrogens with zero attached hydrogens (tertiary/aromatic N) is 3. The molecule has 0 fully saturated rings. The van der Waals surface area contributed by atoms with Crippen LogP contribution in [0.25, 0.3) is 22.8 Å². The van der Waals surface area contributed by atoms with Crippen LogP contribution in [0, 0.1) is 5.82 Å². The molecular formula is C15H12FN3O2. The third kappa shape index (κ3) is 2.35. The van der Waals surface area contributed by atoms with E-state index in [0.29, 0.717) is 5.82 Å². The Morgan fingerprint density at radius 2 is 2.14 bits per heavy atom. The summed E-state index contributed by atoms with van der Waals surface area (Å²) in [6, 6.07) is 5.77. The Kier molecular flexibility index (Phi) is 3.35. The molecule has 0 radical (unpaired) electrons. The lowest BCUT2D eigenvalue weighted by atomic mass is 10.1. The van der Waals surface area contributed by atoms with Gasteiger partial charge in [0.15, 0.2) is 0 Å². The molecule has 2 heterocycles. The molecule has 5 nitrogen and oxygen atoms in total. The van der Waals surface area contributed by atoms with E-state index in [1.54, 1.807) is 18.5 Å². The number of aromatic nitrogens is 3. The maximum atomic E-state index is 13.8. The number of hydrogen-bond donors (Lipinski definition) is 1. The zero-order chi connectivity index (χ0) is 14.8. The van der Waals surface area contributed by atoms with E-state index < -0.39 is 5.82 Å². The lowest BCUT2D eigenvalue weighted by Gasteiger charge is -2.01. The summed E-state index contributed by atoms with van der Waals surface area (Å²) in [4.78, 5) is 8.22. The Morgan fingerprint density at radius 1 is 1.29 bits per heavy atom. The zero-order valence-corrected chi connectivity index (χ0v) is 11.2. The molecule has 106 valence electrons. The van der Waals surface area contributed by atoms with Gasteiger partial charge in [0, 0.05) is 18.0 Å². The van der Waals surface area contributed by atoms with Crippen molar-refractivity contribution in [2.24, 2.45) is 0 Å². The first-order chi connectivity index (χ1) is 10.2. The minimum absolute atomic E-state index is 0.0561. The van der Waals surface area contributed by atoms with E-state index in [9.17, 15) is 9.50 Å². The minimum Gasteiger partial charge on any atom is -0.507 e. The maximum absolute atomic E-state index is 13.8. The average molecular weight is 285 g/mol. The highest BCUT2D eigenvalue weighted by Crippen LogP contribution is 2.32. The summed E-state index contributed by atoms with van der Waals surface area (Å²) in [5.74, 6) is -0.572. The number of aromatic hydroxyl groups is 1. The van der Waals surface area contributed by atoms with Gasteiger partial charge in [0.25, 0.3) is 5.89 Å². The molecule has 6 heteroatoms. The van der Waals surface area contributed by atoms with Crippen LogP contribution in [0.15, 0.2) is 41.2 Å². The zero-order valence-electron chi connectivity index (χ0n) is 11.2. The first-order valence-electron chi connectivity index (χ1n) is 6.45. The van der Waals surface area contributed by atoms with E-state index in [2.05, 4.69) is 15.1 Å². The van der Waals surface area contributed by atoms with Gasteiger partial charge in [-0.15, -0.1) is 0 Å². The summed E-state index contributed by atoms with van der Waals surface area (Å²) < 4.78 is 18.9. The van der Waals surface area contributed by atoms with Crippen molar-refractivity contribution < 1.29 is 14.0 Å². The quantitative estimate of drug-likeness (QED) is 0.800. The van der Waals surface area contributed by atoms with Crippen molar-refractivity contribution in [2.45, 2.75) is 13.3 Å². The highest BCUT2D eigenvalue weighted by Gasteiger charge is 2.19. The van der Waals surface area contributed by atoms with Gasteiger partial charge in [-0.1, -0.05) is 18.1 Å². The van der Waals surface area contributed by atoms with Gasteiger partial charge in [0.1, 0.15) is 17.1 Å². The SMILES string of the molecule is CCc1cnccc1-c1noc(-c2c(O)cccc2F)n1. The van der Waals surface area contributed by atoms with Gasteiger partial charge in [-0.25, -0.2) is 4.39 Å². The van der Waals surface area contributed by atoms with Crippen LogP contribution in [0.4, 0.5) is 4.39 Å². The van der Waals surface area contributed by atoms with Crippen LogP contribution in [0.2, 0.25) is 0 Å². The van der Waals surface area contributed by atoms with Gasteiger partial charge < -0.3 is 9.63 Å². The molecule has 2 aromatic heterocycles. The largest absolute Gasteiger partial charge is 0.507 e. The van der Waals surface area contributed by atoms with Crippen LogP contribution < -0.4 is 0 Å². The van der Waals surface area contributed by atoms with Crippen molar-refractivity contribution in [3.05, 3.63) is 48.0 Å². The summed E-state index contributed by atoms with van der Waals surface area (Å²) in [7, 11) is 0. The van der Waals surface area contributed by atoms with E-state index in [1.165, 1.54) is 18.2 Å². The number of phenolic OH excluding ortho intramolecular Hbond substituents is 1. The Balaban J connectivity index is 2.09. The molecule has 0 saturated carbocycles. The lowest BCUT2D eigenvalue weighted by molar-refractivity contribution is 0.421. The first-order valence-corrected chi connectivity index (χ1v) is 6.45. The van der Waals surface area contributed by atoms with Crippen molar-refractivity contribution in [2.75, 3.05) is 0 Å². The molecule has 0 aliphatic heterocycles. The van der Waals surface area contributed by atoms with E-state index >= 15 is 0 Å². The predicted octanol–water partition coefficient (Wildman–Crippen LogP) is 3.21. The Morgan fingerprint density at radius 3 is 2.90 bits per heavy atom. The fourth-order valence-corrected chi connectivity index (χ4v) is 2.09. The fraction of sp³-hybridized carbons (Fsp3) is 0.133. The van der Waals surface area contributed by atoms with Crippen LogP contribution in [-0.4, -0.2) is 20.2 Å². The number of benzene rings is 1. The fourth-order valence-electron chi connectivity index (χ4n) is 2.09. The second-order valence-corrected chi connectivity index (χ2v) is 4.44. The van der Waals surface area contributed by atoms with Crippen molar-refractivity contribution >= 4 is 0 Å².